The summed E-state index contributed by atoms with van der Waals surface area (Å²) in [5.74, 6) is 0.915. The van der Waals surface area contributed by atoms with Crippen molar-refractivity contribution in [2.24, 2.45) is 0 Å². The second kappa shape index (κ2) is 8.18. The first-order valence-corrected chi connectivity index (χ1v) is 8.52. The van der Waals surface area contributed by atoms with Gasteiger partial charge in [-0.25, -0.2) is 9.78 Å². The van der Waals surface area contributed by atoms with Crippen molar-refractivity contribution in [3.05, 3.63) is 70.1 Å². The zero-order valence-corrected chi connectivity index (χ0v) is 15.3. The first kappa shape index (κ1) is 17.5. The average Bonchev–Trinajstić information content (AvgIpc) is 3.09. The number of oxazole rings is 1. The predicted molar refractivity (Wildman–Crippen MR) is 96.4 cm³/mol. The van der Waals surface area contributed by atoms with Crippen LogP contribution in [0.2, 0.25) is 5.02 Å². The highest BCUT2D eigenvalue weighted by atomic mass is 79.9. The van der Waals surface area contributed by atoms with Crippen LogP contribution < -0.4 is 4.74 Å². The van der Waals surface area contributed by atoms with Crippen molar-refractivity contribution in [1.82, 2.24) is 4.98 Å². The summed E-state index contributed by atoms with van der Waals surface area (Å²) in [6.07, 6.45) is 1.60. The lowest BCUT2D eigenvalue weighted by atomic mass is 10.2. The van der Waals surface area contributed by atoms with Crippen molar-refractivity contribution in [3.63, 3.8) is 0 Å². The van der Waals surface area contributed by atoms with Crippen LogP contribution in [0.3, 0.4) is 0 Å². The number of aromatic nitrogens is 1. The maximum atomic E-state index is 11.8. The van der Waals surface area contributed by atoms with Gasteiger partial charge in [-0.05, 0) is 34.1 Å². The van der Waals surface area contributed by atoms with Crippen LogP contribution in [-0.2, 0) is 16.1 Å². The Bertz CT molecular complexity index is 867. The lowest BCUT2D eigenvalue weighted by Gasteiger charge is -2.07. The molecule has 0 saturated carbocycles. The normalized spacial score (nSPS) is 10.5. The Morgan fingerprint density at radius 3 is 2.76 bits per heavy atom. The van der Waals surface area contributed by atoms with Crippen LogP contribution in [0, 0.1) is 0 Å². The number of carbonyl (C=O) groups excluding carboxylic acids is 1. The Morgan fingerprint density at radius 1 is 1.20 bits per heavy atom. The Morgan fingerprint density at radius 2 is 2.00 bits per heavy atom. The molecule has 0 saturated heterocycles. The monoisotopic (exact) mass is 421 g/mol. The summed E-state index contributed by atoms with van der Waals surface area (Å²) in [5, 5.41) is 0.569. The number of benzene rings is 2. The van der Waals surface area contributed by atoms with E-state index in [-0.39, 0.29) is 13.2 Å². The van der Waals surface area contributed by atoms with E-state index in [1.807, 2.05) is 30.3 Å². The second-order valence-electron chi connectivity index (χ2n) is 5.01. The number of halogens is 2. The van der Waals surface area contributed by atoms with Gasteiger partial charge in [-0.2, -0.15) is 0 Å². The molecule has 0 aliphatic rings. The Balaban J connectivity index is 1.50. The molecule has 0 atom stereocenters. The van der Waals surface area contributed by atoms with Crippen molar-refractivity contribution in [2.45, 2.75) is 6.61 Å². The van der Waals surface area contributed by atoms with Gasteiger partial charge in [-0.3, -0.25) is 0 Å². The fourth-order valence-electron chi connectivity index (χ4n) is 2.03. The molecule has 7 heteroatoms. The van der Waals surface area contributed by atoms with Crippen LogP contribution in [0.5, 0.6) is 5.75 Å². The van der Waals surface area contributed by atoms with Gasteiger partial charge in [0, 0.05) is 10.6 Å². The molecule has 0 spiro atoms. The van der Waals surface area contributed by atoms with Gasteiger partial charge >= 0.3 is 5.97 Å². The summed E-state index contributed by atoms with van der Waals surface area (Å²) in [5.41, 5.74) is 0.906. The minimum atomic E-state index is -0.527. The molecule has 25 heavy (non-hydrogen) atoms. The summed E-state index contributed by atoms with van der Waals surface area (Å²) >= 11 is 9.16. The summed E-state index contributed by atoms with van der Waals surface area (Å²) in [6.45, 7) is -0.288. The Labute approximate surface area is 157 Å². The van der Waals surface area contributed by atoms with E-state index >= 15 is 0 Å². The molecular formula is C18H13BrClNO4. The van der Waals surface area contributed by atoms with Crippen LogP contribution in [0.4, 0.5) is 0 Å². The lowest BCUT2D eigenvalue weighted by Crippen LogP contribution is -2.15. The number of nitrogens with zero attached hydrogens (tertiary/aromatic N) is 1. The molecule has 5 nitrogen and oxygen atoms in total. The number of carbonyl (C=O) groups is 1. The number of rotatable bonds is 6. The van der Waals surface area contributed by atoms with Gasteiger partial charge in [0.25, 0.3) is 0 Å². The topological polar surface area (TPSA) is 61.6 Å². The standard InChI is InChI=1S/C18H13BrClNO4/c19-14-8-13(20)6-7-15(14)23-11-18(22)24-10-17-21-9-16(25-17)12-4-2-1-3-5-12/h1-9H,10-11H2. The van der Waals surface area contributed by atoms with Gasteiger partial charge in [-0.15, -0.1) is 0 Å². The van der Waals surface area contributed by atoms with E-state index in [2.05, 4.69) is 20.9 Å². The molecule has 128 valence electrons. The maximum Gasteiger partial charge on any atom is 0.344 e. The van der Waals surface area contributed by atoms with Gasteiger partial charge in [0.05, 0.1) is 10.7 Å². The third kappa shape index (κ3) is 4.84. The van der Waals surface area contributed by atoms with E-state index in [4.69, 9.17) is 25.5 Å². The minimum Gasteiger partial charge on any atom is -0.481 e. The van der Waals surface area contributed by atoms with Crippen LogP contribution in [0.1, 0.15) is 5.89 Å². The molecule has 0 unspecified atom stereocenters. The second-order valence-corrected chi connectivity index (χ2v) is 6.30. The Kier molecular flexibility index (Phi) is 5.73. The van der Waals surface area contributed by atoms with E-state index < -0.39 is 5.97 Å². The van der Waals surface area contributed by atoms with Gasteiger partial charge in [-0.1, -0.05) is 41.9 Å². The molecule has 0 bridgehead atoms. The highest BCUT2D eigenvalue weighted by Gasteiger charge is 2.11. The molecule has 2 aromatic carbocycles. The van der Waals surface area contributed by atoms with Gasteiger partial charge in [0.2, 0.25) is 5.89 Å². The third-order valence-corrected chi connectivity index (χ3v) is 4.06. The SMILES string of the molecule is O=C(COc1ccc(Cl)cc1Br)OCc1ncc(-c2ccccc2)o1. The van der Waals surface area contributed by atoms with Gasteiger partial charge in [0.1, 0.15) is 5.75 Å². The molecule has 0 fully saturated rings. The summed E-state index contributed by atoms with van der Waals surface area (Å²) in [4.78, 5) is 15.9. The fourth-order valence-corrected chi connectivity index (χ4v) is 2.82. The zero-order chi connectivity index (χ0) is 17.6. The van der Waals surface area contributed by atoms with E-state index in [1.165, 1.54) is 0 Å². The molecule has 0 radical (unpaired) electrons. The van der Waals surface area contributed by atoms with Crippen LogP contribution in [-0.4, -0.2) is 17.6 Å². The molecule has 0 aliphatic carbocycles. The van der Waals surface area contributed by atoms with Crippen LogP contribution in [0.25, 0.3) is 11.3 Å². The van der Waals surface area contributed by atoms with E-state index in [0.29, 0.717) is 26.9 Å². The van der Waals surface area contributed by atoms with E-state index in [0.717, 1.165) is 5.56 Å². The maximum absolute atomic E-state index is 11.8. The largest absolute Gasteiger partial charge is 0.481 e. The van der Waals surface area contributed by atoms with Gasteiger partial charge in [0.15, 0.2) is 19.0 Å². The molecular weight excluding hydrogens is 410 g/mol. The Hall–Kier alpha value is -2.31. The highest BCUT2D eigenvalue weighted by molar-refractivity contribution is 9.10. The zero-order valence-electron chi connectivity index (χ0n) is 12.9. The first-order valence-electron chi connectivity index (χ1n) is 7.35. The number of hydrogen-bond donors (Lipinski definition) is 0. The number of hydrogen-bond acceptors (Lipinski definition) is 5. The molecule has 3 rings (SSSR count). The lowest BCUT2D eigenvalue weighted by molar-refractivity contribution is -0.148. The summed E-state index contributed by atoms with van der Waals surface area (Å²) < 4.78 is 16.7. The smallest absolute Gasteiger partial charge is 0.344 e. The fraction of sp³-hybridized carbons (Fsp3) is 0.111. The van der Waals surface area contributed by atoms with Crippen molar-refractivity contribution in [3.8, 4) is 17.1 Å². The number of esters is 1. The average molecular weight is 423 g/mol. The van der Waals surface area contributed by atoms with Crippen molar-refractivity contribution < 1.29 is 18.7 Å². The minimum absolute atomic E-state index is 0.0587. The molecule has 0 aliphatic heterocycles. The molecule has 1 aromatic heterocycles. The molecule has 0 amide bonds. The van der Waals surface area contributed by atoms with E-state index in [1.54, 1.807) is 24.4 Å². The van der Waals surface area contributed by atoms with Crippen molar-refractivity contribution >= 4 is 33.5 Å². The van der Waals surface area contributed by atoms with Crippen molar-refractivity contribution in [2.75, 3.05) is 6.61 Å². The molecule has 0 N–H and O–H groups in total. The van der Waals surface area contributed by atoms with Crippen LogP contribution >= 0.6 is 27.5 Å². The highest BCUT2D eigenvalue weighted by Crippen LogP contribution is 2.28. The summed E-state index contributed by atoms with van der Waals surface area (Å²) in [6, 6.07) is 14.6. The predicted octanol–water partition coefficient (Wildman–Crippen LogP) is 4.88. The molecule has 3 aromatic rings. The van der Waals surface area contributed by atoms with E-state index in [9.17, 15) is 4.79 Å². The van der Waals surface area contributed by atoms with Crippen molar-refractivity contribution in [1.29, 1.82) is 0 Å². The van der Waals surface area contributed by atoms with Gasteiger partial charge < -0.3 is 13.9 Å². The summed E-state index contributed by atoms with van der Waals surface area (Å²) in [7, 11) is 0. The first-order chi connectivity index (χ1) is 12.1. The third-order valence-electron chi connectivity index (χ3n) is 3.21. The quantitative estimate of drug-likeness (QED) is 0.530. The number of ether oxygens (including phenoxy) is 2. The molecule has 1 heterocycles. The van der Waals surface area contributed by atoms with Crippen LogP contribution in [0.15, 0.2) is 63.6 Å².